The standard InChI is InChI=1S/C18H12ClF3N2O2S/c19-12-5-6-14(16(23)25)15(7-12)26-8-13-9-27-17(24-13)10-1-3-11(4-2-10)18(20,21)22/h1-7,9H,8H2,(H2,23,25). The Hall–Kier alpha value is -2.58. The number of aromatic nitrogens is 1. The Balaban J connectivity index is 1.74. The van der Waals surface area contributed by atoms with Crippen LogP contribution in [-0.2, 0) is 12.8 Å². The fourth-order valence-electron chi connectivity index (χ4n) is 2.28. The molecule has 2 N–H and O–H groups in total. The van der Waals surface area contributed by atoms with E-state index in [2.05, 4.69) is 4.98 Å². The molecule has 2 aromatic carbocycles. The molecule has 0 fully saturated rings. The van der Waals surface area contributed by atoms with Gasteiger partial charge in [-0.15, -0.1) is 11.3 Å². The summed E-state index contributed by atoms with van der Waals surface area (Å²) < 4.78 is 43.5. The van der Waals surface area contributed by atoms with Crippen LogP contribution < -0.4 is 10.5 Å². The van der Waals surface area contributed by atoms with Crippen molar-refractivity contribution in [2.45, 2.75) is 12.8 Å². The van der Waals surface area contributed by atoms with Gasteiger partial charge in [-0.1, -0.05) is 23.7 Å². The minimum absolute atomic E-state index is 0.0533. The number of rotatable bonds is 5. The second-order valence-corrected chi connectivity index (χ2v) is 6.81. The van der Waals surface area contributed by atoms with Crippen molar-refractivity contribution in [3.8, 4) is 16.3 Å². The first-order valence-electron chi connectivity index (χ1n) is 7.58. The Bertz CT molecular complexity index is 971. The molecular formula is C18H12ClF3N2O2S. The monoisotopic (exact) mass is 412 g/mol. The number of alkyl halides is 3. The van der Waals surface area contributed by atoms with Gasteiger partial charge in [-0.25, -0.2) is 4.98 Å². The van der Waals surface area contributed by atoms with Crippen LogP contribution in [0.25, 0.3) is 10.6 Å². The number of nitrogens with zero attached hydrogens (tertiary/aromatic N) is 1. The summed E-state index contributed by atoms with van der Waals surface area (Å²) in [4.78, 5) is 15.8. The third-order valence-electron chi connectivity index (χ3n) is 3.60. The molecule has 140 valence electrons. The highest BCUT2D eigenvalue weighted by atomic mass is 35.5. The van der Waals surface area contributed by atoms with Crippen LogP contribution in [-0.4, -0.2) is 10.9 Å². The van der Waals surface area contributed by atoms with E-state index in [0.29, 0.717) is 21.3 Å². The highest BCUT2D eigenvalue weighted by molar-refractivity contribution is 7.13. The molecule has 0 aliphatic carbocycles. The molecule has 1 amide bonds. The molecule has 1 aromatic heterocycles. The number of ether oxygens (including phenoxy) is 1. The van der Waals surface area contributed by atoms with Crippen LogP contribution in [0.4, 0.5) is 13.2 Å². The molecule has 1 heterocycles. The van der Waals surface area contributed by atoms with Crippen molar-refractivity contribution in [1.29, 1.82) is 0 Å². The molecule has 0 aliphatic heterocycles. The molecule has 0 spiro atoms. The molecule has 3 aromatic rings. The van der Waals surface area contributed by atoms with Crippen LogP contribution in [0.5, 0.6) is 5.75 Å². The highest BCUT2D eigenvalue weighted by Crippen LogP contribution is 2.32. The fraction of sp³-hybridized carbons (Fsp3) is 0.111. The number of benzene rings is 2. The van der Waals surface area contributed by atoms with Gasteiger partial charge < -0.3 is 10.5 Å². The van der Waals surface area contributed by atoms with Crippen LogP contribution in [0.3, 0.4) is 0 Å². The number of halogens is 4. The average molecular weight is 413 g/mol. The molecule has 0 radical (unpaired) electrons. The number of hydrogen-bond acceptors (Lipinski definition) is 4. The van der Waals surface area contributed by atoms with Gasteiger partial charge in [0.05, 0.1) is 16.8 Å². The van der Waals surface area contributed by atoms with Gasteiger partial charge in [0.15, 0.2) is 0 Å². The van der Waals surface area contributed by atoms with Gasteiger partial charge in [0.2, 0.25) is 0 Å². The molecule has 0 atom stereocenters. The van der Waals surface area contributed by atoms with Crippen LogP contribution in [0.2, 0.25) is 5.02 Å². The summed E-state index contributed by atoms with van der Waals surface area (Å²) in [5, 5.41) is 2.67. The van der Waals surface area contributed by atoms with Gasteiger partial charge in [-0.3, -0.25) is 4.79 Å². The Morgan fingerprint density at radius 3 is 2.52 bits per heavy atom. The number of nitrogens with two attached hydrogens (primary N) is 1. The van der Waals surface area contributed by atoms with Crippen molar-refractivity contribution >= 4 is 28.8 Å². The van der Waals surface area contributed by atoms with Gasteiger partial charge in [0.25, 0.3) is 5.91 Å². The second kappa shape index (κ2) is 7.58. The minimum atomic E-state index is -4.38. The van der Waals surface area contributed by atoms with E-state index < -0.39 is 17.6 Å². The van der Waals surface area contributed by atoms with Crippen molar-refractivity contribution < 1.29 is 22.7 Å². The molecule has 0 bridgehead atoms. The summed E-state index contributed by atoms with van der Waals surface area (Å²) in [5.41, 5.74) is 5.91. The molecule has 3 rings (SSSR count). The smallest absolute Gasteiger partial charge is 0.416 e. The summed E-state index contributed by atoms with van der Waals surface area (Å²) in [7, 11) is 0. The van der Waals surface area contributed by atoms with E-state index in [-0.39, 0.29) is 17.9 Å². The summed E-state index contributed by atoms with van der Waals surface area (Å²) in [6, 6.07) is 9.23. The van der Waals surface area contributed by atoms with Gasteiger partial charge in [-0.05, 0) is 30.3 Å². The number of amides is 1. The summed E-state index contributed by atoms with van der Waals surface area (Å²) in [6.45, 7) is 0.0533. The van der Waals surface area contributed by atoms with Gasteiger partial charge in [0, 0.05) is 16.0 Å². The van der Waals surface area contributed by atoms with Crippen LogP contribution in [0.1, 0.15) is 21.6 Å². The third kappa shape index (κ3) is 4.58. The van der Waals surface area contributed by atoms with Crippen molar-refractivity contribution in [1.82, 2.24) is 4.98 Å². The zero-order valence-electron chi connectivity index (χ0n) is 13.6. The van der Waals surface area contributed by atoms with Crippen molar-refractivity contribution in [3.05, 3.63) is 69.7 Å². The first-order chi connectivity index (χ1) is 12.7. The predicted molar refractivity (Wildman–Crippen MR) is 96.9 cm³/mol. The quantitative estimate of drug-likeness (QED) is 0.629. The first kappa shape index (κ1) is 19.2. The van der Waals surface area contributed by atoms with E-state index >= 15 is 0 Å². The molecular weight excluding hydrogens is 401 g/mol. The molecule has 0 aliphatic rings. The lowest BCUT2D eigenvalue weighted by atomic mass is 10.1. The number of carbonyl (C=O) groups excluding carboxylic acids is 1. The molecule has 9 heteroatoms. The zero-order valence-corrected chi connectivity index (χ0v) is 15.2. The lowest BCUT2D eigenvalue weighted by Gasteiger charge is -2.08. The molecule has 0 saturated heterocycles. The SMILES string of the molecule is NC(=O)c1ccc(Cl)cc1OCc1csc(-c2ccc(C(F)(F)F)cc2)n1. The maximum atomic E-state index is 12.6. The Kier molecular flexibility index (Phi) is 5.38. The topological polar surface area (TPSA) is 65.2 Å². The van der Waals surface area contributed by atoms with Crippen LogP contribution >= 0.6 is 22.9 Å². The van der Waals surface area contributed by atoms with Crippen molar-refractivity contribution in [3.63, 3.8) is 0 Å². The molecule has 27 heavy (non-hydrogen) atoms. The van der Waals surface area contributed by atoms with Gasteiger partial charge in [0.1, 0.15) is 17.4 Å². The van der Waals surface area contributed by atoms with Crippen LogP contribution in [0.15, 0.2) is 47.8 Å². The predicted octanol–water partition coefficient (Wildman–Crippen LogP) is 5.16. The van der Waals surface area contributed by atoms with E-state index in [1.165, 1.54) is 41.7 Å². The van der Waals surface area contributed by atoms with Crippen molar-refractivity contribution in [2.24, 2.45) is 5.73 Å². The number of thiazole rings is 1. The fourth-order valence-corrected chi connectivity index (χ4v) is 3.25. The minimum Gasteiger partial charge on any atom is -0.486 e. The first-order valence-corrected chi connectivity index (χ1v) is 8.84. The molecule has 4 nitrogen and oxygen atoms in total. The van der Waals surface area contributed by atoms with Crippen LogP contribution in [0, 0.1) is 0 Å². The van der Waals surface area contributed by atoms with Gasteiger partial charge in [-0.2, -0.15) is 13.2 Å². The number of primary amides is 1. The summed E-state index contributed by atoms with van der Waals surface area (Å²) in [5.74, 6) is -0.413. The third-order valence-corrected chi connectivity index (χ3v) is 4.77. The maximum absolute atomic E-state index is 12.6. The average Bonchev–Trinajstić information content (AvgIpc) is 3.08. The van der Waals surface area contributed by atoms with E-state index in [9.17, 15) is 18.0 Å². The van der Waals surface area contributed by atoms with E-state index in [1.807, 2.05) is 0 Å². The Morgan fingerprint density at radius 1 is 1.19 bits per heavy atom. The second-order valence-electron chi connectivity index (χ2n) is 5.51. The normalized spacial score (nSPS) is 11.4. The van der Waals surface area contributed by atoms with E-state index in [0.717, 1.165) is 12.1 Å². The molecule has 0 saturated carbocycles. The number of carbonyl (C=O) groups is 1. The Morgan fingerprint density at radius 2 is 1.89 bits per heavy atom. The van der Waals surface area contributed by atoms with E-state index in [1.54, 1.807) is 5.38 Å². The number of hydrogen-bond donors (Lipinski definition) is 1. The zero-order chi connectivity index (χ0) is 19.6. The maximum Gasteiger partial charge on any atom is 0.416 e. The molecule has 0 unspecified atom stereocenters. The highest BCUT2D eigenvalue weighted by Gasteiger charge is 2.30. The summed E-state index contributed by atoms with van der Waals surface area (Å²) >= 11 is 7.18. The Labute approximate surface area is 161 Å². The van der Waals surface area contributed by atoms with Gasteiger partial charge >= 0.3 is 6.18 Å². The van der Waals surface area contributed by atoms with Crippen molar-refractivity contribution in [2.75, 3.05) is 0 Å². The lowest BCUT2D eigenvalue weighted by molar-refractivity contribution is -0.137. The summed E-state index contributed by atoms with van der Waals surface area (Å²) in [6.07, 6.45) is -4.38. The largest absolute Gasteiger partial charge is 0.486 e. The van der Waals surface area contributed by atoms with E-state index in [4.69, 9.17) is 22.1 Å². The lowest BCUT2D eigenvalue weighted by Crippen LogP contribution is -2.13.